The average Bonchev–Trinajstić information content (AvgIpc) is 3.38. The summed E-state index contributed by atoms with van der Waals surface area (Å²) >= 11 is 0. The Kier molecular flexibility index (Phi) is 26.3. The molecule has 0 radical (unpaired) electrons. The van der Waals surface area contributed by atoms with E-state index in [0.717, 1.165) is 6.08 Å². The number of hydrogen-bond acceptors (Lipinski definition) is 13. The SMILES string of the molecule is CC[C@H](C)[C@H]1NC(=O)[C@@H](CC(N)=O)NC(=O)[C@H](NC(=O)/C=C/c2ccccc2/C=C/CO)[C@@H](C)OC(=O)[C@H](CC(C)C)NC(=O)[C@@H](C(C)C)NC(=O)CNC(=O)CNC(=O)[C@@H](C(C)C)NC(=O)[C@H](Cc2ccccc2)NC1=O. The van der Waals surface area contributed by atoms with Crippen molar-refractivity contribution in [1.29, 1.82) is 0 Å². The summed E-state index contributed by atoms with van der Waals surface area (Å²) in [4.78, 5) is 152. The number of benzene rings is 2. The molecule has 0 unspecified atom stereocenters. The van der Waals surface area contributed by atoms with Crippen LogP contribution in [-0.2, 0) is 63.9 Å². The third-order valence-electron chi connectivity index (χ3n) is 12.6. The Hall–Kier alpha value is -7.95. The van der Waals surface area contributed by atoms with Crippen LogP contribution in [0.1, 0.15) is 98.3 Å². The Morgan fingerprint density at radius 1 is 0.654 bits per heavy atom. The molecule has 1 aliphatic rings. The third kappa shape index (κ3) is 21.2. The van der Waals surface area contributed by atoms with Gasteiger partial charge in [0.25, 0.3) is 0 Å². The van der Waals surface area contributed by atoms with E-state index in [0.29, 0.717) is 16.7 Å². The summed E-state index contributed by atoms with van der Waals surface area (Å²) < 4.78 is 5.81. The summed E-state index contributed by atoms with van der Waals surface area (Å²) in [6.45, 7) is 13.2. The zero-order valence-electron chi connectivity index (χ0n) is 45.8. The molecule has 1 heterocycles. The summed E-state index contributed by atoms with van der Waals surface area (Å²) in [7, 11) is 0. The van der Waals surface area contributed by atoms with Gasteiger partial charge in [-0.05, 0) is 59.8 Å². The number of esters is 1. The molecule has 23 nitrogen and oxygen atoms in total. The number of aliphatic hydroxyl groups is 1. The first kappa shape index (κ1) is 64.3. The van der Waals surface area contributed by atoms with E-state index < -0.39 is 151 Å². The minimum Gasteiger partial charge on any atom is -0.458 e. The molecule has 3 rings (SSSR count). The maximum atomic E-state index is 14.5. The van der Waals surface area contributed by atoms with Gasteiger partial charge in [0.15, 0.2) is 0 Å². The summed E-state index contributed by atoms with van der Waals surface area (Å²) in [5.74, 6) is -12.1. The number of nitrogens with two attached hydrogens (primary N) is 1. The van der Waals surface area contributed by atoms with Crippen molar-refractivity contribution >= 4 is 77.2 Å². The second-order valence-corrected chi connectivity index (χ2v) is 20.2. The molecular weight excluding hydrogens is 1010 g/mol. The van der Waals surface area contributed by atoms with Gasteiger partial charge in [-0.25, -0.2) is 4.79 Å². The Labute approximate surface area is 455 Å². The van der Waals surface area contributed by atoms with Crippen LogP contribution in [0.2, 0.25) is 0 Å². The third-order valence-corrected chi connectivity index (χ3v) is 12.6. The Bertz CT molecular complexity index is 2500. The highest BCUT2D eigenvalue weighted by Gasteiger charge is 2.39. The molecule has 23 heteroatoms. The monoisotopic (exact) mass is 1090 g/mol. The van der Waals surface area contributed by atoms with E-state index in [2.05, 4.69) is 47.9 Å². The molecule has 0 saturated carbocycles. The van der Waals surface area contributed by atoms with E-state index in [4.69, 9.17) is 10.5 Å². The second kappa shape index (κ2) is 31.9. The molecule has 0 bridgehead atoms. The number of carbonyl (C=O) groups excluding carboxylic acids is 11. The van der Waals surface area contributed by atoms with Crippen LogP contribution in [0.4, 0.5) is 0 Å². The molecule has 0 spiro atoms. The molecule has 0 aromatic heterocycles. The van der Waals surface area contributed by atoms with Crippen LogP contribution >= 0.6 is 0 Å². The summed E-state index contributed by atoms with van der Waals surface area (Å²) in [5.41, 5.74) is 7.38. The summed E-state index contributed by atoms with van der Waals surface area (Å²) in [5, 5.41) is 32.3. The standard InChI is InChI=1S/C55H78N10O13/c1-10-33(8)47-53(75)59-38(26-35-17-12-11-13-18-35)49(71)64-45(31(4)5)51(73)58-28-43(69)57-29-44(70)63-46(32(6)7)52(74)61-40(25-30(2)3)55(77)78-34(9)48(54(76)60-39(27-41(56)67)50(72)65-47)62-42(68)23-22-37-20-15-14-19-36(37)21-16-24-66/h11-23,30-34,38-40,45-48,66H,10,24-29H2,1-9H3,(H2,56,67)(H,57,69)(H,58,73)(H,59,75)(H,60,76)(H,61,74)(H,62,68)(H,63,70)(H,64,71)(H,65,72)/b21-16+,23-22+/t33-,34+,38-,39+,40-,45+,46+,47+,48+/m0/s1. The predicted molar refractivity (Wildman–Crippen MR) is 289 cm³/mol. The van der Waals surface area contributed by atoms with Gasteiger partial charge < -0.3 is 63.4 Å². The van der Waals surface area contributed by atoms with Crippen molar-refractivity contribution in [2.24, 2.45) is 29.4 Å². The van der Waals surface area contributed by atoms with Crippen LogP contribution in [0, 0.1) is 23.7 Å². The number of nitrogens with one attached hydrogen (secondary N) is 9. The zero-order chi connectivity index (χ0) is 58.2. The molecular formula is C55H78N10O13. The number of ether oxygens (including phenoxy) is 1. The van der Waals surface area contributed by atoms with Gasteiger partial charge in [-0.1, -0.05) is 129 Å². The topological polar surface area (TPSA) is 352 Å². The molecule has 426 valence electrons. The number of carbonyl (C=O) groups is 11. The fourth-order valence-corrected chi connectivity index (χ4v) is 8.05. The second-order valence-electron chi connectivity index (χ2n) is 20.2. The first-order chi connectivity index (χ1) is 36.8. The molecule has 78 heavy (non-hydrogen) atoms. The number of amides is 10. The Morgan fingerprint density at radius 3 is 1.78 bits per heavy atom. The van der Waals surface area contributed by atoms with Crippen molar-refractivity contribution in [2.75, 3.05) is 19.7 Å². The highest BCUT2D eigenvalue weighted by molar-refractivity contribution is 6.00. The van der Waals surface area contributed by atoms with E-state index >= 15 is 0 Å². The van der Waals surface area contributed by atoms with E-state index in [-0.39, 0.29) is 31.8 Å². The van der Waals surface area contributed by atoms with Gasteiger partial charge in [-0.3, -0.25) is 47.9 Å². The van der Waals surface area contributed by atoms with Crippen LogP contribution < -0.4 is 53.6 Å². The zero-order valence-corrected chi connectivity index (χ0v) is 45.8. The number of cyclic esters (lactones) is 1. The molecule has 1 aliphatic heterocycles. The highest BCUT2D eigenvalue weighted by Crippen LogP contribution is 2.16. The molecule has 9 atom stereocenters. The van der Waals surface area contributed by atoms with Gasteiger partial charge in [0.2, 0.25) is 59.1 Å². The minimum absolute atomic E-state index is 0.00589. The van der Waals surface area contributed by atoms with Crippen LogP contribution in [0.3, 0.4) is 0 Å². The lowest BCUT2D eigenvalue weighted by Gasteiger charge is -2.30. The van der Waals surface area contributed by atoms with Gasteiger partial charge >= 0.3 is 5.97 Å². The molecule has 2 aromatic rings. The Morgan fingerprint density at radius 2 is 1.19 bits per heavy atom. The van der Waals surface area contributed by atoms with Crippen molar-refractivity contribution in [3.05, 3.63) is 83.4 Å². The molecule has 0 aliphatic carbocycles. The summed E-state index contributed by atoms with van der Waals surface area (Å²) in [6, 6.07) is 5.17. The molecule has 12 N–H and O–H groups in total. The van der Waals surface area contributed by atoms with Crippen LogP contribution in [0.25, 0.3) is 12.2 Å². The predicted octanol–water partition coefficient (Wildman–Crippen LogP) is -0.201. The Balaban J connectivity index is 2.19. The van der Waals surface area contributed by atoms with Crippen molar-refractivity contribution in [2.45, 2.75) is 136 Å². The lowest BCUT2D eigenvalue weighted by atomic mass is 9.96. The smallest absolute Gasteiger partial charge is 0.328 e. The van der Waals surface area contributed by atoms with Crippen LogP contribution in [0.15, 0.2) is 66.7 Å². The molecule has 10 amide bonds. The quantitative estimate of drug-likeness (QED) is 0.0815. The molecule has 2 aromatic carbocycles. The van der Waals surface area contributed by atoms with Crippen LogP contribution in [0.5, 0.6) is 0 Å². The normalized spacial score (nSPS) is 23.9. The maximum Gasteiger partial charge on any atom is 0.328 e. The lowest BCUT2D eigenvalue weighted by molar-refractivity contribution is -0.156. The fourth-order valence-electron chi connectivity index (χ4n) is 8.05. The van der Waals surface area contributed by atoms with Gasteiger partial charge in [0, 0.05) is 12.5 Å². The lowest BCUT2D eigenvalue weighted by Crippen LogP contribution is -2.62. The number of rotatable bonds is 15. The van der Waals surface area contributed by atoms with Gasteiger partial charge in [-0.15, -0.1) is 0 Å². The van der Waals surface area contributed by atoms with Crippen molar-refractivity contribution in [1.82, 2.24) is 47.9 Å². The van der Waals surface area contributed by atoms with Crippen LogP contribution in [-0.4, -0.2) is 138 Å². The fraction of sp³-hybridized carbons (Fsp3) is 0.509. The number of aliphatic hydroxyl groups excluding tert-OH is 1. The molecule has 1 fully saturated rings. The van der Waals surface area contributed by atoms with E-state index in [9.17, 15) is 57.8 Å². The highest BCUT2D eigenvalue weighted by atomic mass is 16.5. The van der Waals surface area contributed by atoms with Crippen molar-refractivity contribution in [3.8, 4) is 0 Å². The van der Waals surface area contributed by atoms with Crippen molar-refractivity contribution in [3.63, 3.8) is 0 Å². The van der Waals surface area contributed by atoms with Gasteiger partial charge in [0.05, 0.1) is 26.1 Å². The van der Waals surface area contributed by atoms with Gasteiger partial charge in [0.1, 0.15) is 48.4 Å². The van der Waals surface area contributed by atoms with Gasteiger partial charge in [-0.2, -0.15) is 0 Å². The average molecular weight is 1090 g/mol. The summed E-state index contributed by atoms with van der Waals surface area (Å²) in [6.07, 6.45) is 3.43. The van der Waals surface area contributed by atoms with E-state index in [1.807, 2.05) is 0 Å². The van der Waals surface area contributed by atoms with Crippen molar-refractivity contribution < 1.29 is 62.6 Å². The number of primary amides is 1. The first-order valence-corrected chi connectivity index (χ1v) is 26.1. The van der Waals surface area contributed by atoms with E-state index in [1.165, 1.54) is 19.1 Å². The number of hydrogen-bond donors (Lipinski definition) is 11. The van der Waals surface area contributed by atoms with E-state index in [1.54, 1.807) is 116 Å². The largest absolute Gasteiger partial charge is 0.458 e. The minimum atomic E-state index is -1.82. The maximum absolute atomic E-state index is 14.5. The molecule has 1 saturated heterocycles. The first-order valence-electron chi connectivity index (χ1n) is 26.1.